The first-order valence-electron chi connectivity index (χ1n) is 9.90. The monoisotopic (exact) mass is 428 g/mol. The Morgan fingerprint density at radius 1 is 1.07 bits per heavy atom. The van der Waals surface area contributed by atoms with Gasteiger partial charge in [0.25, 0.3) is 0 Å². The number of rotatable bonds is 5. The van der Waals surface area contributed by atoms with Crippen molar-refractivity contribution < 1.29 is 19.3 Å². The molecule has 0 saturated carbocycles. The van der Waals surface area contributed by atoms with Crippen molar-refractivity contribution in [2.24, 2.45) is 0 Å². The summed E-state index contributed by atoms with van der Waals surface area (Å²) in [6, 6.07) is 17.1. The van der Waals surface area contributed by atoms with Gasteiger partial charge < -0.3 is 14.9 Å². The van der Waals surface area contributed by atoms with Crippen LogP contribution in [0, 0.1) is 12.7 Å². The molecule has 1 aliphatic rings. The second kappa shape index (κ2) is 9.84. The standard InChI is InChI=1S/C24H25FO3S.CH4/c1-15-2-3-17(23-13-20(27)12-21(14-26)28-23)10-18(15)11-22-8-9-24(29-22)16-4-6-19(25)7-5-16;/h2-10,20-21,23,26-27H,11-14H2,1H3;1H4. The molecule has 0 bridgehead atoms. The molecule has 160 valence electrons. The second-order valence-electron chi connectivity index (χ2n) is 7.69. The van der Waals surface area contributed by atoms with Crippen molar-refractivity contribution in [3.63, 3.8) is 0 Å². The van der Waals surface area contributed by atoms with Crippen molar-refractivity contribution in [2.45, 2.75) is 51.9 Å². The van der Waals surface area contributed by atoms with Gasteiger partial charge in [-0.25, -0.2) is 4.39 Å². The minimum atomic E-state index is -0.453. The largest absolute Gasteiger partial charge is 0.394 e. The van der Waals surface area contributed by atoms with E-state index in [-0.39, 0.29) is 32.1 Å². The van der Waals surface area contributed by atoms with E-state index in [0.29, 0.717) is 12.8 Å². The maximum absolute atomic E-state index is 13.2. The lowest BCUT2D eigenvalue weighted by molar-refractivity contribution is -0.113. The highest BCUT2D eigenvalue weighted by Gasteiger charge is 2.29. The Labute approximate surface area is 181 Å². The highest BCUT2D eigenvalue weighted by molar-refractivity contribution is 7.15. The summed E-state index contributed by atoms with van der Waals surface area (Å²) in [6.07, 6.45) is 0.868. The fraction of sp³-hybridized carbons (Fsp3) is 0.360. The van der Waals surface area contributed by atoms with E-state index in [1.807, 2.05) is 6.07 Å². The molecule has 1 fully saturated rings. The Bertz CT molecular complexity index is 967. The van der Waals surface area contributed by atoms with Gasteiger partial charge in [0.15, 0.2) is 0 Å². The first-order chi connectivity index (χ1) is 14.0. The number of aliphatic hydroxyl groups excluding tert-OH is 2. The summed E-state index contributed by atoms with van der Waals surface area (Å²) in [7, 11) is 0. The molecule has 0 aliphatic carbocycles. The third-order valence-corrected chi connectivity index (χ3v) is 6.62. The molecule has 1 saturated heterocycles. The zero-order valence-corrected chi connectivity index (χ0v) is 17.2. The summed E-state index contributed by atoms with van der Waals surface area (Å²) in [6.45, 7) is 2.02. The van der Waals surface area contributed by atoms with Crippen molar-refractivity contribution in [3.8, 4) is 10.4 Å². The van der Waals surface area contributed by atoms with Gasteiger partial charge >= 0.3 is 0 Å². The van der Waals surface area contributed by atoms with Gasteiger partial charge in [0.05, 0.1) is 24.9 Å². The quantitative estimate of drug-likeness (QED) is 0.551. The smallest absolute Gasteiger partial charge is 0.123 e. The molecule has 2 heterocycles. The minimum Gasteiger partial charge on any atom is -0.394 e. The molecule has 1 aromatic heterocycles. The number of ether oxygens (including phenoxy) is 1. The number of hydrogen-bond acceptors (Lipinski definition) is 4. The maximum Gasteiger partial charge on any atom is 0.123 e. The Morgan fingerprint density at radius 2 is 1.83 bits per heavy atom. The minimum absolute atomic E-state index is 0. The molecule has 3 aromatic rings. The number of aliphatic hydroxyl groups is 2. The summed E-state index contributed by atoms with van der Waals surface area (Å²) in [5.74, 6) is -0.226. The van der Waals surface area contributed by atoms with Crippen LogP contribution in [0.2, 0.25) is 0 Å². The molecule has 0 amide bonds. The van der Waals surface area contributed by atoms with Crippen LogP contribution >= 0.6 is 11.3 Å². The van der Waals surface area contributed by atoms with Crippen LogP contribution in [0.15, 0.2) is 54.6 Å². The van der Waals surface area contributed by atoms with Crippen LogP contribution in [0.3, 0.4) is 0 Å². The first kappa shape index (κ1) is 22.6. The highest BCUT2D eigenvalue weighted by atomic mass is 32.1. The number of halogens is 1. The van der Waals surface area contributed by atoms with Crippen molar-refractivity contribution in [3.05, 3.63) is 82.0 Å². The molecule has 2 N–H and O–H groups in total. The summed E-state index contributed by atoms with van der Waals surface area (Å²) in [5, 5.41) is 19.5. The fourth-order valence-electron chi connectivity index (χ4n) is 3.83. The number of thiophene rings is 1. The lowest BCUT2D eigenvalue weighted by Gasteiger charge is -2.32. The second-order valence-corrected chi connectivity index (χ2v) is 8.86. The predicted molar refractivity (Wildman–Crippen MR) is 120 cm³/mol. The van der Waals surface area contributed by atoms with E-state index in [1.54, 1.807) is 23.5 Å². The molecule has 30 heavy (non-hydrogen) atoms. The molecule has 0 spiro atoms. The van der Waals surface area contributed by atoms with E-state index in [0.717, 1.165) is 22.4 Å². The molecule has 5 heteroatoms. The first-order valence-corrected chi connectivity index (χ1v) is 10.7. The van der Waals surface area contributed by atoms with Crippen molar-refractivity contribution in [1.29, 1.82) is 0 Å². The lowest BCUT2D eigenvalue weighted by atomic mass is 9.93. The Kier molecular flexibility index (Phi) is 7.42. The molecular weight excluding hydrogens is 399 g/mol. The van der Waals surface area contributed by atoms with Crippen molar-refractivity contribution in [2.75, 3.05) is 6.61 Å². The average Bonchev–Trinajstić information content (AvgIpc) is 3.18. The topological polar surface area (TPSA) is 49.7 Å². The summed E-state index contributed by atoms with van der Waals surface area (Å²) in [4.78, 5) is 2.36. The summed E-state index contributed by atoms with van der Waals surface area (Å²) < 4.78 is 19.1. The molecule has 3 atom stereocenters. The van der Waals surface area contributed by atoms with Crippen molar-refractivity contribution in [1.82, 2.24) is 0 Å². The molecular formula is C25H29FO3S. The van der Waals surface area contributed by atoms with Gasteiger partial charge in [-0.2, -0.15) is 0 Å². The molecule has 0 radical (unpaired) electrons. The number of benzene rings is 2. The van der Waals surface area contributed by atoms with Crippen LogP contribution in [-0.2, 0) is 11.2 Å². The SMILES string of the molecule is C.Cc1ccc(C2CC(O)CC(CO)O2)cc1Cc1ccc(-c2ccc(F)cc2)s1. The Hall–Kier alpha value is -2.05. The molecule has 1 aliphatic heterocycles. The van der Waals surface area contributed by atoms with Gasteiger partial charge in [0.1, 0.15) is 5.82 Å². The zero-order chi connectivity index (χ0) is 20.4. The van der Waals surface area contributed by atoms with E-state index < -0.39 is 6.10 Å². The van der Waals surface area contributed by atoms with Crippen LogP contribution < -0.4 is 0 Å². The maximum atomic E-state index is 13.2. The van der Waals surface area contributed by atoms with Crippen LogP contribution in [0.1, 0.15) is 47.9 Å². The number of hydrogen-bond donors (Lipinski definition) is 2. The van der Waals surface area contributed by atoms with Gasteiger partial charge in [-0.1, -0.05) is 37.8 Å². The predicted octanol–water partition coefficient (Wildman–Crippen LogP) is 5.66. The normalized spacial score (nSPS) is 21.3. The molecule has 3 unspecified atom stereocenters. The van der Waals surface area contributed by atoms with E-state index in [1.165, 1.54) is 28.1 Å². The van der Waals surface area contributed by atoms with Gasteiger partial charge in [0, 0.05) is 29.0 Å². The lowest BCUT2D eigenvalue weighted by Crippen LogP contribution is -2.33. The Morgan fingerprint density at radius 3 is 2.57 bits per heavy atom. The van der Waals surface area contributed by atoms with E-state index in [2.05, 4.69) is 31.2 Å². The van der Waals surface area contributed by atoms with Gasteiger partial charge in [0.2, 0.25) is 0 Å². The average molecular weight is 429 g/mol. The van der Waals surface area contributed by atoms with E-state index in [9.17, 15) is 14.6 Å². The highest BCUT2D eigenvalue weighted by Crippen LogP contribution is 2.34. The molecule has 4 rings (SSSR count). The van der Waals surface area contributed by atoms with Crippen LogP contribution in [-0.4, -0.2) is 29.0 Å². The summed E-state index contributed by atoms with van der Waals surface area (Å²) in [5.41, 5.74) is 4.49. The third-order valence-electron chi connectivity index (χ3n) is 5.48. The van der Waals surface area contributed by atoms with E-state index >= 15 is 0 Å². The van der Waals surface area contributed by atoms with E-state index in [4.69, 9.17) is 4.74 Å². The number of aryl methyl sites for hydroxylation is 1. The molecule has 3 nitrogen and oxygen atoms in total. The van der Waals surface area contributed by atoms with Crippen LogP contribution in [0.4, 0.5) is 4.39 Å². The van der Waals surface area contributed by atoms with Crippen LogP contribution in [0.25, 0.3) is 10.4 Å². The molecule has 2 aromatic carbocycles. The summed E-state index contributed by atoms with van der Waals surface area (Å²) >= 11 is 1.71. The van der Waals surface area contributed by atoms with Crippen molar-refractivity contribution >= 4 is 11.3 Å². The van der Waals surface area contributed by atoms with Crippen LogP contribution in [0.5, 0.6) is 0 Å². The van der Waals surface area contributed by atoms with Gasteiger partial charge in [-0.3, -0.25) is 0 Å². The fourth-order valence-corrected chi connectivity index (χ4v) is 4.87. The third kappa shape index (κ3) is 5.16. The zero-order valence-electron chi connectivity index (χ0n) is 16.3. The van der Waals surface area contributed by atoms with Gasteiger partial charge in [-0.15, -0.1) is 11.3 Å². The van der Waals surface area contributed by atoms with Gasteiger partial charge in [-0.05, 0) is 53.4 Å². The Balaban J connectivity index is 0.00000256.